The fourth-order valence-electron chi connectivity index (χ4n) is 3.97. The summed E-state index contributed by atoms with van der Waals surface area (Å²) in [5, 5.41) is 2.75. The van der Waals surface area contributed by atoms with Crippen LogP contribution in [0.2, 0.25) is 0 Å². The highest BCUT2D eigenvalue weighted by molar-refractivity contribution is 7.89. The number of nitrogens with zero attached hydrogens (tertiary/aromatic N) is 1. The third-order valence-electron chi connectivity index (χ3n) is 5.79. The summed E-state index contributed by atoms with van der Waals surface area (Å²) in [5.41, 5.74) is -0.583. The largest absolute Gasteiger partial charge is 0.497 e. The second-order valence-electron chi connectivity index (χ2n) is 7.97. The van der Waals surface area contributed by atoms with E-state index in [1.807, 2.05) is 0 Å². The van der Waals surface area contributed by atoms with E-state index in [2.05, 4.69) is 5.32 Å². The number of hydrogen-bond donors (Lipinski definition) is 1. The first-order valence-corrected chi connectivity index (χ1v) is 12.1. The van der Waals surface area contributed by atoms with Crippen molar-refractivity contribution in [3.8, 4) is 5.75 Å². The molecule has 0 aliphatic carbocycles. The number of benzene rings is 2. The number of alkyl halides is 3. The van der Waals surface area contributed by atoms with Crippen LogP contribution < -0.4 is 10.1 Å². The second kappa shape index (κ2) is 10.7. The number of halogens is 3. The lowest BCUT2D eigenvalue weighted by atomic mass is 9.87. The number of hydrogen-bond acceptors (Lipinski definition) is 5. The molecular weight excluding hydrogens is 473 g/mol. The maximum Gasteiger partial charge on any atom is 0.416 e. The molecule has 1 aliphatic rings. The quantitative estimate of drug-likeness (QED) is 0.535. The minimum Gasteiger partial charge on any atom is -0.497 e. The average molecular weight is 501 g/mol. The molecule has 0 spiro atoms. The number of carbonyl (C=O) groups is 1. The van der Waals surface area contributed by atoms with Gasteiger partial charge in [0.1, 0.15) is 5.75 Å². The van der Waals surface area contributed by atoms with Crippen LogP contribution in [-0.2, 0) is 25.7 Å². The molecule has 1 N–H and O–H groups in total. The van der Waals surface area contributed by atoms with Gasteiger partial charge < -0.3 is 14.8 Å². The van der Waals surface area contributed by atoms with Crippen molar-refractivity contribution in [2.75, 3.05) is 40.5 Å². The lowest BCUT2D eigenvalue weighted by molar-refractivity contribution is -0.137. The van der Waals surface area contributed by atoms with Crippen LogP contribution in [0.5, 0.6) is 5.75 Å². The zero-order chi connectivity index (χ0) is 24.9. The Bertz CT molecular complexity index is 1090. The molecule has 1 amide bonds. The molecule has 0 aromatic heterocycles. The zero-order valence-electron chi connectivity index (χ0n) is 18.8. The van der Waals surface area contributed by atoms with E-state index in [0.29, 0.717) is 25.3 Å². The summed E-state index contributed by atoms with van der Waals surface area (Å²) in [6, 6.07) is 10.5. The van der Waals surface area contributed by atoms with Crippen molar-refractivity contribution >= 4 is 15.9 Å². The molecule has 1 heterocycles. The van der Waals surface area contributed by atoms with Crippen molar-refractivity contribution in [3.63, 3.8) is 0 Å². The molecule has 2 atom stereocenters. The average Bonchev–Trinajstić information content (AvgIpc) is 3.28. The zero-order valence-corrected chi connectivity index (χ0v) is 19.7. The summed E-state index contributed by atoms with van der Waals surface area (Å²) in [4.78, 5) is 13.0. The van der Waals surface area contributed by atoms with Gasteiger partial charge in [0, 0.05) is 39.3 Å². The Labute approximate surface area is 196 Å². The summed E-state index contributed by atoms with van der Waals surface area (Å²) >= 11 is 0. The number of nitrogens with one attached hydrogen (secondary N) is 1. The Morgan fingerprint density at radius 2 is 1.82 bits per heavy atom. The van der Waals surface area contributed by atoms with E-state index in [0.717, 1.165) is 16.4 Å². The SMILES string of the molecule is COCCCNC(=O)[C@H]1CN(S(=O)(=O)c2ccc(OC)cc2)C[C@H]1c1cccc(C(F)(F)F)c1. The fraction of sp³-hybridized carbons (Fsp3) is 0.435. The molecule has 34 heavy (non-hydrogen) atoms. The van der Waals surface area contributed by atoms with Gasteiger partial charge in [0.2, 0.25) is 15.9 Å². The molecular formula is C23H27F3N2O5S. The van der Waals surface area contributed by atoms with Gasteiger partial charge >= 0.3 is 6.18 Å². The third kappa shape index (κ3) is 5.89. The van der Waals surface area contributed by atoms with E-state index in [1.54, 1.807) is 0 Å². The second-order valence-corrected chi connectivity index (χ2v) is 9.91. The first-order chi connectivity index (χ1) is 16.1. The van der Waals surface area contributed by atoms with Crippen LogP contribution >= 0.6 is 0 Å². The lowest BCUT2D eigenvalue weighted by Crippen LogP contribution is -2.36. The molecule has 11 heteroatoms. The van der Waals surface area contributed by atoms with Gasteiger partial charge in [-0.15, -0.1) is 0 Å². The molecule has 0 bridgehead atoms. The highest BCUT2D eigenvalue weighted by Crippen LogP contribution is 2.38. The number of carbonyl (C=O) groups excluding carboxylic acids is 1. The maximum absolute atomic E-state index is 13.3. The molecule has 0 radical (unpaired) electrons. The first kappa shape index (κ1) is 26.0. The molecule has 3 rings (SSSR count). The number of methoxy groups -OCH3 is 2. The topological polar surface area (TPSA) is 84.9 Å². The van der Waals surface area contributed by atoms with Gasteiger partial charge in [0.15, 0.2) is 0 Å². The van der Waals surface area contributed by atoms with Gasteiger partial charge in [-0.2, -0.15) is 17.5 Å². The summed E-state index contributed by atoms with van der Waals surface area (Å²) in [7, 11) is -0.993. The standard InChI is InChI=1S/C23H27F3N2O5S/c1-32-12-4-11-27-22(29)21-15-28(34(30,31)19-9-7-18(33-2)8-10-19)14-20(21)16-5-3-6-17(13-16)23(24,25)26/h3,5-10,13,20-21H,4,11-12,14-15H2,1-2H3,(H,27,29)/t20-,21-/m0/s1. The minimum atomic E-state index is -4.55. The third-order valence-corrected chi connectivity index (χ3v) is 7.63. The van der Waals surface area contributed by atoms with Crippen molar-refractivity contribution in [1.29, 1.82) is 0 Å². The number of sulfonamides is 1. The van der Waals surface area contributed by atoms with Gasteiger partial charge in [-0.25, -0.2) is 8.42 Å². The van der Waals surface area contributed by atoms with Gasteiger partial charge in [0.05, 0.1) is 23.5 Å². The lowest BCUT2D eigenvalue weighted by Gasteiger charge is -2.19. The molecule has 1 aliphatic heterocycles. The van der Waals surface area contributed by atoms with Crippen molar-refractivity contribution in [2.24, 2.45) is 5.92 Å². The minimum absolute atomic E-state index is 0.0113. The predicted molar refractivity (Wildman–Crippen MR) is 119 cm³/mol. The molecule has 2 aromatic carbocycles. The van der Waals surface area contributed by atoms with Crippen LogP contribution in [0.3, 0.4) is 0 Å². The summed E-state index contributed by atoms with van der Waals surface area (Å²) in [6.07, 6.45) is -4.00. The van der Waals surface area contributed by atoms with Crippen molar-refractivity contribution in [2.45, 2.75) is 23.4 Å². The molecule has 0 saturated carbocycles. The van der Waals surface area contributed by atoms with E-state index in [-0.39, 0.29) is 23.5 Å². The van der Waals surface area contributed by atoms with E-state index < -0.39 is 39.5 Å². The number of amides is 1. The first-order valence-electron chi connectivity index (χ1n) is 10.7. The van der Waals surface area contributed by atoms with Gasteiger partial charge in [-0.05, 0) is 42.3 Å². The highest BCUT2D eigenvalue weighted by Gasteiger charge is 2.44. The fourth-order valence-corrected chi connectivity index (χ4v) is 5.46. The maximum atomic E-state index is 13.3. The normalized spacial score (nSPS) is 19.2. The van der Waals surface area contributed by atoms with E-state index in [1.165, 1.54) is 50.6 Å². The van der Waals surface area contributed by atoms with Gasteiger partial charge in [-0.1, -0.05) is 18.2 Å². The van der Waals surface area contributed by atoms with Crippen molar-refractivity contribution in [1.82, 2.24) is 9.62 Å². The van der Waals surface area contributed by atoms with Crippen LogP contribution in [0, 0.1) is 5.92 Å². The van der Waals surface area contributed by atoms with Crippen LogP contribution in [0.15, 0.2) is 53.4 Å². The Balaban J connectivity index is 1.91. The van der Waals surface area contributed by atoms with E-state index in [9.17, 15) is 26.4 Å². The van der Waals surface area contributed by atoms with Gasteiger partial charge in [0.25, 0.3) is 0 Å². The van der Waals surface area contributed by atoms with Crippen LogP contribution in [0.1, 0.15) is 23.5 Å². The van der Waals surface area contributed by atoms with Crippen LogP contribution in [-0.4, -0.2) is 59.1 Å². The molecule has 0 unspecified atom stereocenters. The molecule has 2 aromatic rings. The highest BCUT2D eigenvalue weighted by atomic mass is 32.2. The van der Waals surface area contributed by atoms with E-state index >= 15 is 0 Å². The number of rotatable bonds is 9. The van der Waals surface area contributed by atoms with E-state index in [4.69, 9.17) is 9.47 Å². The Morgan fingerprint density at radius 1 is 1.12 bits per heavy atom. The van der Waals surface area contributed by atoms with Crippen LogP contribution in [0.25, 0.3) is 0 Å². The summed E-state index contributed by atoms with van der Waals surface area (Å²) < 4.78 is 77.6. The predicted octanol–water partition coefficient (Wildman–Crippen LogP) is 3.27. The Morgan fingerprint density at radius 3 is 2.44 bits per heavy atom. The Kier molecular flexibility index (Phi) is 8.21. The Hall–Kier alpha value is -2.63. The van der Waals surface area contributed by atoms with Crippen molar-refractivity contribution < 1.29 is 35.9 Å². The molecule has 7 nitrogen and oxygen atoms in total. The monoisotopic (exact) mass is 500 g/mol. The summed E-state index contributed by atoms with van der Waals surface area (Å²) in [5.74, 6) is -1.52. The molecule has 186 valence electrons. The smallest absolute Gasteiger partial charge is 0.416 e. The van der Waals surface area contributed by atoms with Crippen molar-refractivity contribution in [3.05, 3.63) is 59.7 Å². The molecule has 1 saturated heterocycles. The van der Waals surface area contributed by atoms with Crippen LogP contribution in [0.4, 0.5) is 13.2 Å². The molecule has 1 fully saturated rings. The number of ether oxygens (including phenoxy) is 2. The summed E-state index contributed by atoms with van der Waals surface area (Å²) in [6.45, 7) is 0.473. The van der Waals surface area contributed by atoms with Gasteiger partial charge in [-0.3, -0.25) is 4.79 Å².